The van der Waals surface area contributed by atoms with Gasteiger partial charge in [-0.25, -0.2) is 0 Å². The van der Waals surface area contributed by atoms with Gasteiger partial charge in [0.2, 0.25) is 0 Å². The summed E-state index contributed by atoms with van der Waals surface area (Å²) in [5.74, 6) is -0.812. The van der Waals surface area contributed by atoms with E-state index in [4.69, 9.17) is 10.4 Å². The van der Waals surface area contributed by atoms with E-state index >= 15 is 0 Å². The number of hydrogen-bond acceptors (Lipinski definition) is 3. The average Bonchev–Trinajstić information content (AvgIpc) is 2.27. The monoisotopic (exact) mass is 218 g/mol. The van der Waals surface area contributed by atoms with Gasteiger partial charge in [-0.3, -0.25) is 4.79 Å². The molecule has 1 rings (SSSR count). The summed E-state index contributed by atoms with van der Waals surface area (Å²) in [5, 5.41) is 17.3. The summed E-state index contributed by atoms with van der Waals surface area (Å²) >= 11 is 0. The number of nitriles is 1. The topological polar surface area (TPSA) is 64.3 Å². The summed E-state index contributed by atoms with van der Waals surface area (Å²) in [4.78, 5) is 12.5. The van der Waals surface area contributed by atoms with Crippen LogP contribution in [0.25, 0.3) is 0 Å². The maximum atomic E-state index is 10.6. The normalized spacial score (nSPS) is 11.6. The van der Waals surface area contributed by atoms with Crippen LogP contribution >= 0.6 is 0 Å². The van der Waals surface area contributed by atoms with Crippen molar-refractivity contribution in [3.05, 3.63) is 29.8 Å². The molecule has 84 valence electrons. The summed E-state index contributed by atoms with van der Waals surface area (Å²) in [7, 11) is 1.84. The van der Waals surface area contributed by atoms with Crippen LogP contribution in [-0.2, 0) is 4.79 Å². The van der Waals surface area contributed by atoms with Crippen molar-refractivity contribution in [1.29, 1.82) is 5.26 Å². The van der Waals surface area contributed by atoms with E-state index in [0.717, 1.165) is 5.69 Å². The lowest BCUT2D eigenvalue weighted by molar-refractivity contribution is -0.137. The summed E-state index contributed by atoms with van der Waals surface area (Å²) in [6, 6.07) is 9.04. The zero-order valence-corrected chi connectivity index (χ0v) is 9.34. The molecule has 0 aliphatic rings. The lowest BCUT2D eigenvalue weighted by Crippen LogP contribution is -2.30. The van der Waals surface area contributed by atoms with Crippen LogP contribution in [0.2, 0.25) is 0 Å². The fraction of sp³-hybridized carbons (Fsp3) is 0.333. The van der Waals surface area contributed by atoms with Crippen molar-refractivity contribution in [3.63, 3.8) is 0 Å². The Morgan fingerprint density at radius 1 is 1.50 bits per heavy atom. The third-order valence-electron chi connectivity index (χ3n) is 2.53. The quantitative estimate of drug-likeness (QED) is 0.837. The molecule has 1 aromatic carbocycles. The van der Waals surface area contributed by atoms with E-state index < -0.39 is 5.97 Å². The van der Waals surface area contributed by atoms with Gasteiger partial charge in [0.15, 0.2) is 0 Å². The Morgan fingerprint density at radius 3 is 2.50 bits per heavy atom. The predicted molar refractivity (Wildman–Crippen MR) is 61.3 cm³/mol. The molecular formula is C12H14N2O2. The Bertz CT molecular complexity index is 406. The molecular weight excluding hydrogens is 204 g/mol. The molecule has 0 spiro atoms. The first-order valence-electron chi connectivity index (χ1n) is 4.99. The van der Waals surface area contributed by atoms with Crippen LogP contribution in [0.3, 0.4) is 0 Å². The molecule has 0 heterocycles. The molecule has 0 amide bonds. The summed E-state index contributed by atoms with van der Waals surface area (Å²) in [5.41, 5.74) is 1.51. The van der Waals surface area contributed by atoms with Crippen molar-refractivity contribution in [1.82, 2.24) is 0 Å². The van der Waals surface area contributed by atoms with E-state index in [1.54, 1.807) is 12.1 Å². The smallest absolute Gasteiger partial charge is 0.305 e. The highest BCUT2D eigenvalue weighted by atomic mass is 16.4. The highest BCUT2D eigenvalue weighted by molar-refractivity contribution is 5.68. The van der Waals surface area contributed by atoms with Gasteiger partial charge in [0.1, 0.15) is 0 Å². The van der Waals surface area contributed by atoms with Gasteiger partial charge in [-0.05, 0) is 31.2 Å². The zero-order valence-electron chi connectivity index (χ0n) is 9.34. The van der Waals surface area contributed by atoms with Gasteiger partial charge in [0.05, 0.1) is 18.1 Å². The molecule has 1 atom stereocenters. The molecule has 0 radical (unpaired) electrons. The van der Waals surface area contributed by atoms with Crippen LogP contribution in [-0.4, -0.2) is 24.2 Å². The second-order valence-corrected chi connectivity index (χ2v) is 3.72. The zero-order chi connectivity index (χ0) is 12.1. The third-order valence-corrected chi connectivity index (χ3v) is 2.53. The van der Waals surface area contributed by atoms with Crippen LogP contribution < -0.4 is 4.90 Å². The van der Waals surface area contributed by atoms with Crippen molar-refractivity contribution in [3.8, 4) is 6.07 Å². The maximum Gasteiger partial charge on any atom is 0.305 e. The molecule has 0 aromatic heterocycles. The largest absolute Gasteiger partial charge is 0.481 e. The summed E-state index contributed by atoms with van der Waals surface area (Å²) < 4.78 is 0. The van der Waals surface area contributed by atoms with Gasteiger partial charge in [-0.2, -0.15) is 5.26 Å². The van der Waals surface area contributed by atoms with Crippen molar-refractivity contribution < 1.29 is 9.90 Å². The molecule has 0 saturated heterocycles. The molecule has 0 saturated carbocycles. The van der Waals surface area contributed by atoms with E-state index in [1.165, 1.54) is 0 Å². The van der Waals surface area contributed by atoms with Crippen molar-refractivity contribution in [2.45, 2.75) is 19.4 Å². The van der Waals surface area contributed by atoms with Crippen molar-refractivity contribution >= 4 is 11.7 Å². The highest BCUT2D eigenvalue weighted by Crippen LogP contribution is 2.17. The predicted octanol–water partition coefficient (Wildman–Crippen LogP) is 1.86. The molecule has 4 heteroatoms. The van der Waals surface area contributed by atoms with Crippen LogP contribution in [0.15, 0.2) is 24.3 Å². The second-order valence-electron chi connectivity index (χ2n) is 3.72. The Morgan fingerprint density at radius 2 is 2.06 bits per heavy atom. The number of carboxylic acids is 1. The number of anilines is 1. The first-order chi connectivity index (χ1) is 7.54. The van der Waals surface area contributed by atoms with Gasteiger partial charge >= 0.3 is 5.97 Å². The molecule has 4 nitrogen and oxygen atoms in total. The Labute approximate surface area is 94.7 Å². The first-order valence-corrected chi connectivity index (χ1v) is 4.99. The van der Waals surface area contributed by atoms with Gasteiger partial charge < -0.3 is 10.0 Å². The van der Waals surface area contributed by atoms with E-state index in [-0.39, 0.29) is 12.5 Å². The molecule has 0 aliphatic heterocycles. The SMILES string of the molecule is CC(CC(=O)O)N(C)c1ccc(C#N)cc1. The number of hydrogen-bond donors (Lipinski definition) is 1. The minimum Gasteiger partial charge on any atom is -0.481 e. The molecule has 0 aliphatic carbocycles. The number of carbonyl (C=O) groups is 1. The fourth-order valence-electron chi connectivity index (χ4n) is 1.42. The van der Waals surface area contributed by atoms with Gasteiger partial charge in [-0.15, -0.1) is 0 Å². The standard InChI is InChI=1S/C12H14N2O2/c1-9(7-12(15)16)14(2)11-5-3-10(8-13)4-6-11/h3-6,9H,7H2,1-2H3,(H,15,16). The number of aliphatic carboxylic acids is 1. The minimum absolute atomic E-state index is 0.0783. The molecule has 0 bridgehead atoms. The van der Waals surface area contributed by atoms with Gasteiger partial charge in [-0.1, -0.05) is 0 Å². The second kappa shape index (κ2) is 5.17. The van der Waals surface area contributed by atoms with E-state index in [2.05, 4.69) is 0 Å². The summed E-state index contributed by atoms with van der Waals surface area (Å²) in [6.07, 6.45) is 0.0938. The molecule has 1 aromatic rings. The molecule has 1 N–H and O–H groups in total. The lowest BCUT2D eigenvalue weighted by atomic mass is 10.1. The minimum atomic E-state index is -0.812. The Balaban J connectivity index is 2.76. The lowest BCUT2D eigenvalue weighted by Gasteiger charge is -2.25. The Kier molecular flexibility index (Phi) is 3.90. The highest BCUT2D eigenvalue weighted by Gasteiger charge is 2.13. The Hall–Kier alpha value is -2.02. The van der Waals surface area contributed by atoms with Gasteiger partial charge in [0.25, 0.3) is 0 Å². The number of rotatable bonds is 4. The van der Waals surface area contributed by atoms with Gasteiger partial charge in [0, 0.05) is 18.8 Å². The van der Waals surface area contributed by atoms with Crippen LogP contribution in [0.1, 0.15) is 18.9 Å². The van der Waals surface area contributed by atoms with Crippen LogP contribution in [0.5, 0.6) is 0 Å². The number of benzene rings is 1. The third kappa shape index (κ3) is 2.99. The molecule has 1 unspecified atom stereocenters. The van der Waals surface area contributed by atoms with E-state index in [0.29, 0.717) is 5.56 Å². The van der Waals surface area contributed by atoms with Crippen molar-refractivity contribution in [2.24, 2.45) is 0 Å². The maximum absolute atomic E-state index is 10.6. The van der Waals surface area contributed by atoms with Crippen LogP contribution in [0.4, 0.5) is 5.69 Å². The van der Waals surface area contributed by atoms with E-state index in [9.17, 15) is 4.79 Å². The van der Waals surface area contributed by atoms with Crippen LogP contribution in [0, 0.1) is 11.3 Å². The number of carboxylic acid groups (broad SMARTS) is 1. The molecule has 16 heavy (non-hydrogen) atoms. The van der Waals surface area contributed by atoms with Crippen molar-refractivity contribution in [2.75, 3.05) is 11.9 Å². The first kappa shape index (κ1) is 12.1. The van der Waals surface area contributed by atoms with E-state index in [1.807, 2.05) is 37.1 Å². The summed E-state index contributed by atoms with van der Waals surface area (Å²) in [6.45, 7) is 1.85. The average molecular weight is 218 g/mol. The molecule has 0 fully saturated rings. The number of nitrogens with zero attached hydrogens (tertiary/aromatic N) is 2. The fourth-order valence-corrected chi connectivity index (χ4v) is 1.42.